The SMILES string of the molecule is CC1CC(C)CN(C(=O)CCSCc2nc3sc4c(c3c(=O)[nH]2)CCC4)C1. The minimum absolute atomic E-state index is 0.00219. The van der Waals surface area contributed by atoms with Crippen LogP contribution in [0.15, 0.2) is 4.79 Å². The summed E-state index contributed by atoms with van der Waals surface area (Å²) in [4.78, 5) is 36.8. The number of nitrogens with zero attached hydrogens (tertiary/aromatic N) is 2. The van der Waals surface area contributed by atoms with Gasteiger partial charge in [0, 0.05) is 30.1 Å². The molecule has 0 spiro atoms. The Labute approximate surface area is 167 Å². The van der Waals surface area contributed by atoms with E-state index in [0.29, 0.717) is 24.0 Å². The van der Waals surface area contributed by atoms with Crippen LogP contribution in [0, 0.1) is 11.8 Å². The molecule has 7 heteroatoms. The molecular formula is C20H27N3O2S2. The number of fused-ring (bicyclic) bond motifs is 3. The van der Waals surface area contributed by atoms with Crippen LogP contribution >= 0.6 is 23.1 Å². The van der Waals surface area contributed by atoms with Crippen molar-refractivity contribution >= 4 is 39.2 Å². The third-order valence-electron chi connectivity index (χ3n) is 5.54. The van der Waals surface area contributed by atoms with Gasteiger partial charge in [-0.2, -0.15) is 11.8 Å². The maximum atomic E-state index is 12.5. The Morgan fingerprint density at radius 3 is 2.85 bits per heavy atom. The van der Waals surface area contributed by atoms with Crippen molar-refractivity contribution in [1.29, 1.82) is 0 Å². The van der Waals surface area contributed by atoms with Gasteiger partial charge in [0.05, 0.1) is 11.1 Å². The number of H-pyrrole nitrogens is 1. The summed E-state index contributed by atoms with van der Waals surface area (Å²) in [5.74, 6) is 3.59. The number of thiophene rings is 1. The van der Waals surface area contributed by atoms with Crippen LogP contribution in [0.3, 0.4) is 0 Å². The number of aryl methyl sites for hydroxylation is 2. The highest BCUT2D eigenvalue weighted by Gasteiger charge is 2.25. The number of likely N-dealkylation sites (tertiary alicyclic amines) is 1. The molecule has 146 valence electrons. The second-order valence-corrected chi connectivity index (χ2v) is 10.3. The molecule has 4 rings (SSSR count). The third-order valence-corrected chi connectivity index (χ3v) is 7.70. The minimum Gasteiger partial charge on any atom is -0.342 e. The van der Waals surface area contributed by atoms with E-state index in [0.717, 1.165) is 54.1 Å². The predicted molar refractivity (Wildman–Crippen MR) is 113 cm³/mol. The van der Waals surface area contributed by atoms with Gasteiger partial charge in [-0.05, 0) is 43.1 Å². The van der Waals surface area contributed by atoms with E-state index < -0.39 is 0 Å². The molecule has 3 heterocycles. The monoisotopic (exact) mass is 405 g/mol. The number of carbonyl (C=O) groups excluding carboxylic acids is 1. The lowest BCUT2D eigenvalue weighted by Gasteiger charge is -2.35. The molecule has 0 aromatic carbocycles. The minimum atomic E-state index is 0.00219. The van der Waals surface area contributed by atoms with Crippen LogP contribution < -0.4 is 5.56 Å². The lowest BCUT2D eigenvalue weighted by Crippen LogP contribution is -2.42. The number of nitrogens with one attached hydrogen (secondary N) is 1. The van der Waals surface area contributed by atoms with Gasteiger partial charge in [0.15, 0.2) is 0 Å². The molecule has 0 radical (unpaired) electrons. The molecule has 27 heavy (non-hydrogen) atoms. The third kappa shape index (κ3) is 4.09. The summed E-state index contributed by atoms with van der Waals surface area (Å²) < 4.78 is 0. The zero-order valence-corrected chi connectivity index (χ0v) is 17.7. The first-order chi connectivity index (χ1) is 13.0. The molecule has 1 aliphatic carbocycles. The number of thioether (sulfide) groups is 1. The van der Waals surface area contributed by atoms with Gasteiger partial charge < -0.3 is 9.88 Å². The lowest BCUT2D eigenvalue weighted by atomic mass is 9.92. The first kappa shape index (κ1) is 19.0. The first-order valence-corrected chi connectivity index (χ1v) is 11.9. The number of rotatable bonds is 5. The van der Waals surface area contributed by atoms with Crippen LogP contribution in [0.2, 0.25) is 0 Å². The molecule has 1 aliphatic heterocycles. The molecule has 2 aromatic rings. The number of amides is 1. The van der Waals surface area contributed by atoms with Crippen molar-refractivity contribution < 1.29 is 4.79 Å². The van der Waals surface area contributed by atoms with E-state index in [4.69, 9.17) is 0 Å². The van der Waals surface area contributed by atoms with E-state index in [2.05, 4.69) is 23.8 Å². The van der Waals surface area contributed by atoms with E-state index in [1.54, 1.807) is 23.1 Å². The molecule has 1 N–H and O–H groups in total. The first-order valence-electron chi connectivity index (χ1n) is 9.90. The van der Waals surface area contributed by atoms with Crippen LogP contribution in [0.25, 0.3) is 10.2 Å². The van der Waals surface area contributed by atoms with Gasteiger partial charge in [-0.25, -0.2) is 4.98 Å². The van der Waals surface area contributed by atoms with Gasteiger partial charge in [-0.1, -0.05) is 13.8 Å². The summed E-state index contributed by atoms with van der Waals surface area (Å²) in [5, 5.41) is 0.810. The van der Waals surface area contributed by atoms with Gasteiger partial charge in [0.1, 0.15) is 10.7 Å². The average molecular weight is 406 g/mol. The van der Waals surface area contributed by atoms with Crippen molar-refractivity contribution in [2.24, 2.45) is 11.8 Å². The fourth-order valence-corrected chi connectivity index (χ4v) is 6.54. The van der Waals surface area contributed by atoms with E-state index in [1.165, 1.54) is 16.9 Å². The van der Waals surface area contributed by atoms with Crippen LogP contribution in [0.5, 0.6) is 0 Å². The second-order valence-electron chi connectivity index (χ2n) is 8.10. The van der Waals surface area contributed by atoms with E-state index in [9.17, 15) is 9.59 Å². The smallest absolute Gasteiger partial charge is 0.259 e. The number of hydrogen-bond donors (Lipinski definition) is 1. The average Bonchev–Trinajstić information content (AvgIpc) is 3.18. The molecule has 0 saturated carbocycles. The summed E-state index contributed by atoms with van der Waals surface area (Å²) in [6, 6.07) is 0. The van der Waals surface area contributed by atoms with Crippen LogP contribution in [-0.4, -0.2) is 39.6 Å². The van der Waals surface area contributed by atoms with Crippen molar-refractivity contribution in [2.45, 2.75) is 51.7 Å². The second kappa shape index (κ2) is 7.95. The molecule has 2 atom stereocenters. The van der Waals surface area contributed by atoms with Crippen molar-refractivity contribution in [1.82, 2.24) is 14.9 Å². The van der Waals surface area contributed by atoms with Gasteiger partial charge in [0.2, 0.25) is 5.91 Å². The zero-order valence-electron chi connectivity index (χ0n) is 16.0. The molecule has 2 unspecified atom stereocenters. The van der Waals surface area contributed by atoms with Gasteiger partial charge in [-0.3, -0.25) is 9.59 Å². The van der Waals surface area contributed by atoms with Crippen LogP contribution in [0.1, 0.15) is 49.4 Å². The molecule has 2 aliphatic rings. The lowest BCUT2D eigenvalue weighted by molar-refractivity contribution is -0.133. The highest BCUT2D eigenvalue weighted by Crippen LogP contribution is 2.34. The van der Waals surface area contributed by atoms with Crippen LogP contribution in [0.4, 0.5) is 0 Å². The topological polar surface area (TPSA) is 66.1 Å². The Kier molecular flexibility index (Phi) is 5.60. The molecule has 2 aromatic heterocycles. The highest BCUT2D eigenvalue weighted by atomic mass is 32.2. The molecular weight excluding hydrogens is 378 g/mol. The molecule has 1 amide bonds. The van der Waals surface area contributed by atoms with Gasteiger partial charge in [0.25, 0.3) is 5.56 Å². The molecule has 0 bridgehead atoms. The Morgan fingerprint density at radius 1 is 1.30 bits per heavy atom. The summed E-state index contributed by atoms with van der Waals surface area (Å²) in [6.07, 6.45) is 5.01. The van der Waals surface area contributed by atoms with Crippen molar-refractivity contribution in [2.75, 3.05) is 18.8 Å². The van der Waals surface area contributed by atoms with Crippen LogP contribution in [-0.2, 0) is 23.4 Å². The van der Waals surface area contributed by atoms with Crippen molar-refractivity contribution in [3.05, 3.63) is 26.6 Å². The largest absolute Gasteiger partial charge is 0.342 e. The molecule has 1 saturated heterocycles. The summed E-state index contributed by atoms with van der Waals surface area (Å²) in [5.41, 5.74) is 1.22. The fourth-order valence-electron chi connectivity index (χ4n) is 4.47. The highest BCUT2D eigenvalue weighted by molar-refractivity contribution is 7.98. The van der Waals surface area contributed by atoms with E-state index >= 15 is 0 Å². The van der Waals surface area contributed by atoms with Gasteiger partial charge in [-0.15, -0.1) is 11.3 Å². The van der Waals surface area contributed by atoms with Crippen molar-refractivity contribution in [3.8, 4) is 0 Å². The number of hydrogen-bond acceptors (Lipinski definition) is 5. The number of carbonyl (C=O) groups is 1. The number of piperidine rings is 1. The number of aromatic amines is 1. The maximum absolute atomic E-state index is 12.5. The molecule has 1 fully saturated rings. The van der Waals surface area contributed by atoms with E-state index in [1.807, 2.05) is 4.90 Å². The summed E-state index contributed by atoms with van der Waals surface area (Å²) in [7, 11) is 0. The summed E-state index contributed by atoms with van der Waals surface area (Å²) in [6.45, 7) is 6.23. The Morgan fingerprint density at radius 2 is 2.07 bits per heavy atom. The van der Waals surface area contributed by atoms with Gasteiger partial charge >= 0.3 is 0 Å². The fraction of sp³-hybridized carbons (Fsp3) is 0.650. The Balaban J connectivity index is 1.32. The summed E-state index contributed by atoms with van der Waals surface area (Å²) >= 11 is 3.35. The molecule has 5 nitrogen and oxygen atoms in total. The van der Waals surface area contributed by atoms with E-state index in [-0.39, 0.29) is 11.5 Å². The van der Waals surface area contributed by atoms with Crippen molar-refractivity contribution in [3.63, 3.8) is 0 Å². The maximum Gasteiger partial charge on any atom is 0.259 e. The standard InChI is InChI=1S/C20H27N3O2S2/c1-12-8-13(2)10-23(9-12)17(24)6-7-26-11-16-21-19(25)18-14-4-3-5-15(14)27-20(18)22-16/h12-13H,3-11H2,1-2H3,(H,21,22,25). The number of aromatic nitrogens is 2. The Hall–Kier alpha value is -1.34. The normalized spacial score (nSPS) is 22.4. The predicted octanol–water partition coefficient (Wildman–Crippen LogP) is 3.60. The Bertz CT molecular complexity index is 894. The quantitative estimate of drug-likeness (QED) is 0.772. The zero-order chi connectivity index (χ0) is 19.0.